The number of aliphatic hydroxyl groups is 1. The van der Waals surface area contributed by atoms with Crippen LogP contribution in [0.25, 0.3) is 10.1 Å². The number of rotatable bonds is 2. The zero-order chi connectivity index (χ0) is 10.1. The number of thiophene rings is 1. The van der Waals surface area contributed by atoms with Crippen molar-refractivity contribution < 1.29 is 5.11 Å². The lowest BCUT2D eigenvalue weighted by Crippen LogP contribution is -1.82. The van der Waals surface area contributed by atoms with Crippen LogP contribution in [0.4, 0.5) is 0 Å². The minimum Gasteiger partial charge on any atom is -0.392 e. The summed E-state index contributed by atoms with van der Waals surface area (Å²) >= 11 is 11.7. The van der Waals surface area contributed by atoms with Crippen molar-refractivity contribution in [3.63, 3.8) is 0 Å². The number of benzene rings is 1. The van der Waals surface area contributed by atoms with Crippen molar-refractivity contribution in [2.45, 2.75) is 17.4 Å². The molecule has 1 N–H and O–H groups in total. The molecule has 0 radical (unpaired) electrons. The van der Waals surface area contributed by atoms with E-state index in [0.29, 0.717) is 5.88 Å². The van der Waals surface area contributed by atoms with Gasteiger partial charge < -0.3 is 5.11 Å². The third kappa shape index (κ3) is 1.77. The molecule has 1 aromatic carbocycles. The summed E-state index contributed by atoms with van der Waals surface area (Å²) in [5.74, 6) is 0.520. The van der Waals surface area contributed by atoms with Gasteiger partial charge in [-0.05, 0) is 29.1 Å². The fourth-order valence-electron chi connectivity index (χ4n) is 1.44. The van der Waals surface area contributed by atoms with Crippen molar-refractivity contribution in [2.75, 3.05) is 0 Å². The van der Waals surface area contributed by atoms with Crippen LogP contribution in [0.15, 0.2) is 23.1 Å². The second-order valence-electron chi connectivity index (χ2n) is 3.03. The molecule has 0 saturated carbocycles. The highest BCUT2D eigenvalue weighted by molar-refractivity contribution is 7.80. The van der Waals surface area contributed by atoms with E-state index < -0.39 is 0 Å². The minimum atomic E-state index is 0.0487. The second-order valence-corrected chi connectivity index (χ2v) is 4.95. The lowest BCUT2D eigenvalue weighted by atomic mass is 10.2. The Balaban J connectivity index is 2.71. The number of aliphatic hydroxyl groups excluding tert-OH is 1. The highest BCUT2D eigenvalue weighted by atomic mass is 35.5. The molecule has 0 fully saturated rings. The number of hydrogen-bond donors (Lipinski definition) is 2. The standard InChI is InChI=1S/C10H9ClOS2/c11-4-9-3-6-1-8(13)2-7(5-12)10(6)14-9/h1-3,12-13H,4-5H2. The molecule has 0 aliphatic rings. The van der Waals surface area contributed by atoms with Crippen molar-refractivity contribution in [3.05, 3.63) is 28.6 Å². The number of hydrogen-bond acceptors (Lipinski definition) is 3. The summed E-state index contributed by atoms with van der Waals surface area (Å²) in [5.41, 5.74) is 0.925. The molecule has 0 amide bonds. The molecule has 0 saturated heterocycles. The van der Waals surface area contributed by atoms with Gasteiger partial charge in [0.1, 0.15) is 0 Å². The molecule has 2 rings (SSSR count). The van der Waals surface area contributed by atoms with E-state index in [1.807, 2.05) is 18.2 Å². The van der Waals surface area contributed by atoms with Gasteiger partial charge in [-0.3, -0.25) is 0 Å². The lowest BCUT2D eigenvalue weighted by Gasteiger charge is -1.99. The maximum atomic E-state index is 9.18. The smallest absolute Gasteiger partial charge is 0.0696 e. The fourth-order valence-corrected chi connectivity index (χ4v) is 2.97. The Morgan fingerprint density at radius 3 is 2.79 bits per heavy atom. The first-order chi connectivity index (χ1) is 6.74. The van der Waals surface area contributed by atoms with E-state index in [1.165, 1.54) is 0 Å². The van der Waals surface area contributed by atoms with Gasteiger partial charge in [0.15, 0.2) is 0 Å². The van der Waals surface area contributed by atoms with Crippen LogP contribution in [0.3, 0.4) is 0 Å². The maximum Gasteiger partial charge on any atom is 0.0696 e. The van der Waals surface area contributed by atoms with Crippen LogP contribution in [0.5, 0.6) is 0 Å². The van der Waals surface area contributed by atoms with E-state index in [9.17, 15) is 5.11 Å². The first-order valence-corrected chi connectivity index (χ1v) is 5.95. The molecule has 14 heavy (non-hydrogen) atoms. The highest BCUT2D eigenvalue weighted by Crippen LogP contribution is 2.31. The third-order valence-corrected chi connectivity index (χ3v) is 3.96. The van der Waals surface area contributed by atoms with Crippen LogP contribution in [-0.4, -0.2) is 5.11 Å². The van der Waals surface area contributed by atoms with Crippen LogP contribution >= 0.6 is 35.6 Å². The Bertz CT molecular complexity index is 464. The zero-order valence-corrected chi connectivity index (χ0v) is 9.79. The molecule has 0 bridgehead atoms. The Morgan fingerprint density at radius 1 is 1.36 bits per heavy atom. The summed E-state index contributed by atoms with van der Waals surface area (Å²) in [4.78, 5) is 2.00. The normalized spacial score (nSPS) is 11.1. The summed E-state index contributed by atoms with van der Waals surface area (Å²) in [5, 5.41) is 10.3. The highest BCUT2D eigenvalue weighted by Gasteiger charge is 2.06. The predicted molar refractivity (Wildman–Crippen MR) is 64.6 cm³/mol. The molecule has 0 aliphatic carbocycles. The van der Waals surface area contributed by atoms with Crippen molar-refractivity contribution >= 4 is 45.7 Å². The Hall–Kier alpha value is -0.220. The molecule has 1 aromatic heterocycles. The van der Waals surface area contributed by atoms with Gasteiger partial charge in [0.2, 0.25) is 0 Å². The van der Waals surface area contributed by atoms with E-state index in [2.05, 4.69) is 12.6 Å². The average Bonchev–Trinajstić information content (AvgIpc) is 2.59. The number of alkyl halides is 1. The van der Waals surface area contributed by atoms with Gasteiger partial charge in [-0.2, -0.15) is 0 Å². The summed E-state index contributed by atoms with van der Waals surface area (Å²) in [6.07, 6.45) is 0. The van der Waals surface area contributed by atoms with Gasteiger partial charge in [-0.15, -0.1) is 35.6 Å². The number of thiol groups is 1. The van der Waals surface area contributed by atoms with E-state index >= 15 is 0 Å². The summed E-state index contributed by atoms with van der Waals surface area (Å²) < 4.78 is 1.11. The Labute approximate surface area is 96.7 Å². The van der Waals surface area contributed by atoms with Crippen LogP contribution < -0.4 is 0 Å². The zero-order valence-electron chi connectivity index (χ0n) is 7.33. The van der Waals surface area contributed by atoms with E-state index in [-0.39, 0.29) is 6.61 Å². The van der Waals surface area contributed by atoms with Gasteiger partial charge in [-0.1, -0.05) is 0 Å². The molecule has 4 heteroatoms. The third-order valence-electron chi connectivity index (χ3n) is 2.03. The molecule has 74 valence electrons. The number of halogens is 1. The van der Waals surface area contributed by atoms with Gasteiger partial charge in [-0.25, -0.2) is 0 Å². The van der Waals surface area contributed by atoms with Crippen LogP contribution in [0.2, 0.25) is 0 Å². The minimum absolute atomic E-state index is 0.0487. The Morgan fingerprint density at radius 2 is 2.14 bits per heavy atom. The van der Waals surface area contributed by atoms with Gasteiger partial charge in [0, 0.05) is 14.5 Å². The average molecular weight is 245 g/mol. The van der Waals surface area contributed by atoms with E-state index in [1.54, 1.807) is 11.3 Å². The van der Waals surface area contributed by atoms with Gasteiger partial charge in [0.25, 0.3) is 0 Å². The molecule has 2 aromatic rings. The first kappa shape index (κ1) is 10.3. The van der Waals surface area contributed by atoms with Crippen molar-refractivity contribution in [1.29, 1.82) is 0 Å². The van der Waals surface area contributed by atoms with Crippen LogP contribution in [0, 0.1) is 0 Å². The van der Waals surface area contributed by atoms with E-state index in [0.717, 1.165) is 25.4 Å². The Kier molecular flexibility index (Phi) is 3.02. The van der Waals surface area contributed by atoms with Gasteiger partial charge >= 0.3 is 0 Å². The van der Waals surface area contributed by atoms with E-state index in [4.69, 9.17) is 11.6 Å². The summed E-state index contributed by atoms with van der Waals surface area (Å²) in [6.45, 7) is 0.0487. The summed E-state index contributed by atoms with van der Waals surface area (Å²) in [6, 6.07) is 5.93. The number of fused-ring (bicyclic) bond motifs is 1. The van der Waals surface area contributed by atoms with Gasteiger partial charge in [0.05, 0.1) is 12.5 Å². The summed E-state index contributed by atoms with van der Waals surface area (Å²) in [7, 11) is 0. The van der Waals surface area contributed by atoms with Crippen molar-refractivity contribution in [3.8, 4) is 0 Å². The van der Waals surface area contributed by atoms with Crippen molar-refractivity contribution in [2.24, 2.45) is 0 Å². The largest absolute Gasteiger partial charge is 0.392 e. The topological polar surface area (TPSA) is 20.2 Å². The van der Waals surface area contributed by atoms with Crippen molar-refractivity contribution in [1.82, 2.24) is 0 Å². The second kappa shape index (κ2) is 4.11. The molecule has 0 aliphatic heterocycles. The fraction of sp³-hybridized carbons (Fsp3) is 0.200. The molecule has 1 heterocycles. The lowest BCUT2D eigenvalue weighted by molar-refractivity contribution is 0.283. The monoisotopic (exact) mass is 244 g/mol. The maximum absolute atomic E-state index is 9.18. The predicted octanol–water partition coefficient (Wildman–Crippen LogP) is 3.42. The van der Waals surface area contributed by atoms with Crippen LogP contribution in [-0.2, 0) is 12.5 Å². The molecular formula is C10H9ClOS2. The van der Waals surface area contributed by atoms with Crippen LogP contribution in [0.1, 0.15) is 10.4 Å². The first-order valence-electron chi connectivity index (χ1n) is 4.15. The molecule has 0 atom stereocenters. The molecule has 0 unspecified atom stereocenters. The SMILES string of the molecule is OCc1cc(S)cc2cc(CCl)sc12. The molecule has 1 nitrogen and oxygen atoms in total. The quantitative estimate of drug-likeness (QED) is 0.613. The molecule has 0 spiro atoms. The molecular weight excluding hydrogens is 236 g/mol.